The molecule has 0 radical (unpaired) electrons. The van der Waals surface area contributed by atoms with Gasteiger partial charge in [0.15, 0.2) is 5.96 Å². The minimum absolute atomic E-state index is 0.0778. The van der Waals surface area contributed by atoms with E-state index in [2.05, 4.69) is 20.9 Å². The van der Waals surface area contributed by atoms with E-state index in [1.807, 2.05) is 48.5 Å². The molecule has 3 N–H and O–H groups in total. The van der Waals surface area contributed by atoms with Crippen molar-refractivity contribution in [3.05, 3.63) is 65.2 Å². The number of amides is 1. The number of carbonyl (C=O) groups is 1. The standard InChI is InChI=1S/C23H30N4O3/c1-24-23(27-15-19-8-3-4-11-21(19)29-2)26-14-17-7-5-9-18(13-17)22(28)25-16-20-10-6-12-30-20/h3-5,7-9,11,13,20H,6,10,12,14-16H2,1-2H3,(H,25,28)(H2,24,26,27). The van der Waals surface area contributed by atoms with Crippen molar-refractivity contribution in [3.8, 4) is 5.75 Å². The van der Waals surface area contributed by atoms with Crippen molar-refractivity contribution in [2.75, 3.05) is 27.3 Å². The fraction of sp³-hybridized carbons (Fsp3) is 0.391. The number of ether oxygens (including phenoxy) is 2. The summed E-state index contributed by atoms with van der Waals surface area (Å²) in [5, 5.41) is 9.53. The Morgan fingerprint density at radius 1 is 1.13 bits per heavy atom. The molecule has 1 fully saturated rings. The van der Waals surface area contributed by atoms with E-state index >= 15 is 0 Å². The number of guanidine groups is 1. The van der Waals surface area contributed by atoms with Crippen LogP contribution in [0.3, 0.4) is 0 Å². The summed E-state index contributed by atoms with van der Waals surface area (Å²) in [7, 11) is 3.39. The summed E-state index contributed by atoms with van der Waals surface area (Å²) in [4.78, 5) is 16.7. The van der Waals surface area contributed by atoms with Crippen molar-refractivity contribution in [1.29, 1.82) is 0 Å². The number of hydrogen-bond acceptors (Lipinski definition) is 4. The van der Waals surface area contributed by atoms with Crippen molar-refractivity contribution in [3.63, 3.8) is 0 Å². The van der Waals surface area contributed by atoms with Crippen molar-refractivity contribution in [2.24, 2.45) is 4.99 Å². The molecule has 1 atom stereocenters. The fourth-order valence-electron chi connectivity index (χ4n) is 3.37. The monoisotopic (exact) mass is 410 g/mol. The highest BCUT2D eigenvalue weighted by Crippen LogP contribution is 2.16. The van der Waals surface area contributed by atoms with Crippen LogP contribution in [0.4, 0.5) is 0 Å². The second-order valence-corrected chi connectivity index (χ2v) is 7.14. The molecule has 2 aromatic rings. The number of nitrogens with zero attached hydrogens (tertiary/aromatic N) is 1. The van der Waals surface area contributed by atoms with Crippen LogP contribution in [0.5, 0.6) is 5.75 Å². The van der Waals surface area contributed by atoms with E-state index in [9.17, 15) is 4.79 Å². The number of carbonyl (C=O) groups excluding carboxylic acids is 1. The van der Waals surface area contributed by atoms with Gasteiger partial charge in [0, 0.05) is 44.4 Å². The van der Waals surface area contributed by atoms with Crippen LogP contribution in [0.15, 0.2) is 53.5 Å². The van der Waals surface area contributed by atoms with E-state index in [0.717, 1.165) is 36.3 Å². The number of nitrogens with one attached hydrogen (secondary N) is 3. The van der Waals surface area contributed by atoms with Crippen molar-refractivity contribution in [1.82, 2.24) is 16.0 Å². The van der Waals surface area contributed by atoms with Gasteiger partial charge >= 0.3 is 0 Å². The second-order valence-electron chi connectivity index (χ2n) is 7.14. The van der Waals surface area contributed by atoms with Gasteiger partial charge in [0.1, 0.15) is 5.75 Å². The average Bonchev–Trinajstić information content (AvgIpc) is 3.31. The average molecular weight is 411 g/mol. The van der Waals surface area contributed by atoms with Gasteiger partial charge in [0.05, 0.1) is 13.2 Å². The molecule has 3 rings (SSSR count). The molecule has 0 saturated carbocycles. The highest BCUT2D eigenvalue weighted by Gasteiger charge is 2.16. The van der Waals surface area contributed by atoms with Gasteiger partial charge in [-0.15, -0.1) is 0 Å². The van der Waals surface area contributed by atoms with Gasteiger partial charge in [-0.05, 0) is 36.6 Å². The second kappa shape index (κ2) is 11.2. The Morgan fingerprint density at radius 3 is 2.73 bits per heavy atom. The van der Waals surface area contributed by atoms with E-state index < -0.39 is 0 Å². The SMILES string of the molecule is CN=C(NCc1cccc(C(=O)NCC2CCCO2)c1)NCc1ccccc1OC. The summed E-state index contributed by atoms with van der Waals surface area (Å²) in [6.07, 6.45) is 2.20. The molecule has 0 aromatic heterocycles. The van der Waals surface area contributed by atoms with E-state index in [-0.39, 0.29) is 12.0 Å². The lowest BCUT2D eigenvalue weighted by Crippen LogP contribution is -2.36. The number of methoxy groups -OCH3 is 1. The molecule has 0 spiro atoms. The summed E-state index contributed by atoms with van der Waals surface area (Å²) in [5.74, 6) is 1.43. The first-order valence-electron chi connectivity index (χ1n) is 10.2. The van der Waals surface area contributed by atoms with Crippen LogP contribution in [0.2, 0.25) is 0 Å². The van der Waals surface area contributed by atoms with Gasteiger partial charge in [-0.3, -0.25) is 9.79 Å². The number of para-hydroxylation sites is 1. The van der Waals surface area contributed by atoms with Crippen LogP contribution in [0.1, 0.15) is 34.3 Å². The lowest BCUT2D eigenvalue weighted by molar-refractivity contribution is 0.0857. The Labute approximate surface area is 177 Å². The summed E-state index contributed by atoms with van der Waals surface area (Å²) in [6, 6.07) is 15.5. The molecule has 0 bridgehead atoms. The van der Waals surface area contributed by atoms with Crippen LogP contribution in [-0.2, 0) is 17.8 Å². The zero-order valence-electron chi connectivity index (χ0n) is 17.6. The fourth-order valence-corrected chi connectivity index (χ4v) is 3.37. The molecule has 1 heterocycles. The Balaban J connectivity index is 1.50. The minimum atomic E-state index is -0.0778. The Kier molecular flexibility index (Phi) is 8.09. The third kappa shape index (κ3) is 6.22. The zero-order chi connectivity index (χ0) is 21.2. The quantitative estimate of drug-likeness (QED) is 0.460. The summed E-state index contributed by atoms with van der Waals surface area (Å²) in [5.41, 5.74) is 2.69. The molecule has 7 heteroatoms. The largest absolute Gasteiger partial charge is 0.496 e. The number of rotatable bonds is 8. The first-order chi connectivity index (χ1) is 14.7. The maximum Gasteiger partial charge on any atom is 0.251 e. The maximum atomic E-state index is 12.4. The molecule has 1 amide bonds. The third-order valence-electron chi connectivity index (χ3n) is 5.03. The predicted molar refractivity (Wildman–Crippen MR) is 118 cm³/mol. The minimum Gasteiger partial charge on any atom is -0.496 e. The van der Waals surface area contributed by atoms with Crippen LogP contribution >= 0.6 is 0 Å². The number of hydrogen-bond donors (Lipinski definition) is 3. The smallest absolute Gasteiger partial charge is 0.251 e. The van der Waals surface area contributed by atoms with E-state index in [1.54, 1.807) is 14.2 Å². The molecule has 1 unspecified atom stereocenters. The number of benzene rings is 2. The number of aliphatic imine (C=N–C) groups is 1. The van der Waals surface area contributed by atoms with E-state index in [4.69, 9.17) is 9.47 Å². The molecule has 1 aliphatic heterocycles. The van der Waals surface area contributed by atoms with Gasteiger partial charge in [0.25, 0.3) is 5.91 Å². The Morgan fingerprint density at radius 2 is 1.97 bits per heavy atom. The predicted octanol–water partition coefficient (Wildman–Crippen LogP) is 2.47. The molecular formula is C23H30N4O3. The van der Waals surface area contributed by atoms with E-state index in [0.29, 0.717) is 31.2 Å². The highest BCUT2D eigenvalue weighted by atomic mass is 16.5. The van der Waals surface area contributed by atoms with Crippen LogP contribution in [0.25, 0.3) is 0 Å². The van der Waals surface area contributed by atoms with Crippen LogP contribution < -0.4 is 20.7 Å². The Bertz CT molecular complexity index is 863. The lowest BCUT2D eigenvalue weighted by atomic mass is 10.1. The third-order valence-corrected chi connectivity index (χ3v) is 5.03. The molecule has 2 aromatic carbocycles. The molecule has 1 saturated heterocycles. The van der Waals surface area contributed by atoms with Crippen molar-refractivity contribution < 1.29 is 14.3 Å². The van der Waals surface area contributed by atoms with Crippen molar-refractivity contribution in [2.45, 2.75) is 32.0 Å². The van der Waals surface area contributed by atoms with Gasteiger partial charge < -0.3 is 25.4 Å². The van der Waals surface area contributed by atoms with E-state index in [1.165, 1.54) is 0 Å². The van der Waals surface area contributed by atoms with Gasteiger partial charge in [0.2, 0.25) is 0 Å². The normalized spacial score (nSPS) is 16.2. The molecule has 160 valence electrons. The molecule has 7 nitrogen and oxygen atoms in total. The highest BCUT2D eigenvalue weighted by molar-refractivity contribution is 5.94. The Hall–Kier alpha value is -3.06. The topological polar surface area (TPSA) is 84.0 Å². The summed E-state index contributed by atoms with van der Waals surface area (Å²) in [6.45, 7) is 2.49. The van der Waals surface area contributed by atoms with Gasteiger partial charge in [-0.1, -0.05) is 30.3 Å². The maximum absolute atomic E-state index is 12.4. The molecule has 30 heavy (non-hydrogen) atoms. The van der Waals surface area contributed by atoms with Crippen molar-refractivity contribution >= 4 is 11.9 Å². The summed E-state index contributed by atoms with van der Waals surface area (Å²) < 4.78 is 10.9. The molecular weight excluding hydrogens is 380 g/mol. The first kappa shape index (κ1) is 21.6. The first-order valence-corrected chi connectivity index (χ1v) is 10.2. The molecule has 0 aliphatic carbocycles. The zero-order valence-corrected chi connectivity index (χ0v) is 17.6. The van der Waals surface area contributed by atoms with Gasteiger partial charge in [-0.25, -0.2) is 0 Å². The summed E-state index contributed by atoms with van der Waals surface area (Å²) >= 11 is 0. The van der Waals surface area contributed by atoms with Gasteiger partial charge in [-0.2, -0.15) is 0 Å². The van der Waals surface area contributed by atoms with Crippen LogP contribution in [-0.4, -0.2) is 45.3 Å². The lowest BCUT2D eigenvalue weighted by Gasteiger charge is -2.14. The van der Waals surface area contributed by atoms with Crippen LogP contribution in [0, 0.1) is 0 Å². The molecule has 1 aliphatic rings.